The Hall–Kier alpha value is 0.710. The molecule has 45 heavy (non-hydrogen) atoms. The Morgan fingerprint density at radius 2 is 0.356 bits per heavy atom. The molecule has 0 amide bonds. The predicted octanol–water partition coefficient (Wildman–Crippen LogP) is 15.0. The molecule has 0 fully saturated rings. The largest absolute Gasteiger partial charge is 4.00 e. The number of unbranched alkanes of at least 4 members (excludes halogenated alkanes) is 16. The second-order valence-corrected chi connectivity index (χ2v) is 12.3. The Bertz CT molecular complexity index is 294. The van der Waals surface area contributed by atoms with Gasteiger partial charge < -0.3 is 21.3 Å². The molecule has 0 aliphatic carbocycles. The summed E-state index contributed by atoms with van der Waals surface area (Å²) in [5, 5.41) is 17.7. The van der Waals surface area contributed by atoms with E-state index >= 15 is 0 Å². The first-order valence-corrected chi connectivity index (χ1v) is 20.2. The molecule has 0 aromatic rings. The maximum absolute atomic E-state index is 4.43. The van der Waals surface area contributed by atoms with E-state index < -0.39 is 0 Å². The summed E-state index contributed by atoms with van der Waals surface area (Å²) < 4.78 is 0. The van der Waals surface area contributed by atoms with Gasteiger partial charge in [-0.15, -0.1) is 52.4 Å². The van der Waals surface area contributed by atoms with Gasteiger partial charge in [0.15, 0.2) is 0 Å². The minimum Gasteiger partial charge on any atom is -0.662 e. The van der Waals surface area contributed by atoms with Crippen molar-refractivity contribution in [3.8, 4) is 0 Å². The third-order valence-corrected chi connectivity index (χ3v) is 7.36. The van der Waals surface area contributed by atoms with Gasteiger partial charge in [0.1, 0.15) is 0 Å². The van der Waals surface area contributed by atoms with Crippen LogP contribution in [0.5, 0.6) is 0 Å². The molecule has 0 aromatic heterocycles. The molecular formula is C40H88HfN4. The molecule has 0 aliphatic heterocycles. The third kappa shape index (κ3) is 76.2. The summed E-state index contributed by atoms with van der Waals surface area (Å²) in [5.41, 5.74) is 0. The topological polar surface area (TPSA) is 56.4 Å². The first-order valence-electron chi connectivity index (χ1n) is 20.2. The number of rotatable bonds is 32. The van der Waals surface area contributed by atoms with E-state index in [0.717, 1.165) is 52.4 Å². The molecule has 0 unspecified atom stereocenters. The Balaban J connectivity index is -0.000000157. The Morgan fingerprint density at radius 1 is 0.200 bits per heavy atom. The molecule has 0 heterocycles. The summed E-state index contributed by atoms with van der Waals surface area (Å²) in [4.78, 5) is 0. The van der Waals surface area contributed by atoms with Crippen LogP contribution in [0.2, 0.25) is 0 Å². The molecule has 0 atom stereocenters. The normalized spacial score (nSPS) is 10.1. The van der Waals surface area contributed by atoms with Crippen LogP contribution < -0.4 is 0 Å². The van der Waals surface area contributed by atoms with Crippen LogP contribution in [0.15, 0.2) is 0 Å². The van der Waals surface area contributed by atoms with Crippen molar-refractivity contribution in [3.63, 3.8) is 0 Å². The zero-order chi connectivity index (χ0) is 33.5. The second kappa shape index (κ2) is 63.4. The van der Waals surface area contributed by atoms with E-state index in [1.165, 1.54) is 154 Å². The molecule has 0 aliphatic rings. The Morgan fingerprint density at radius 3 is 0.511 bits per heavy atom. The fraction of sp³-hybridized carbons (Fsp3) is 1.00. The third-order valence-electron chi connectivity index (χ3n) is 7.36. The van der Waals surface area contributed by atoms with E-state index in [9.17, 15) is 0 Å². The molecular weight excluding hydrogens is 715 g/mol. The van der Waals surface area contributed by atoms with E-state index in [2.05, 4.69) is 76.7 Å². The van der Waals surface area contributed by atoms with E-state index in [1.54, 1.807) is 0 Å². The van der Waals surface area contributed by atoms with Gasteiger partial charge in [-0.2, -0.15) is 0 Å². The molecule has 0 radical (unpaired) electrons. The smallest absolute Gasteiger partial charge is 0.662 e. The SMILES string of the molecule is CCCCCC[N-]CCCC.CCCCCC[N-]CCCC.CCCCCC[N-]CCCC.CCCCCC[N-]CCCC.[Hf+4]. The molecule has 272 valence electrons. The first-order chi connectivity index (χ1) is 21.7. The summed E-state index contributed by atoms with van der Waals surface area (Å²) in [7, 11) is 0. The predicted molar refractivity (Wildman–Crippen MR) is 209 cm³/mol. The molecule has 5 heteroatoms. The van der Waals surface area contributed by atoms with Crippen LogP contribution in [-0.2, 0) is 25.8 Å². The minimum atomic E-state index is 0. The van der Waals surface area contributed by atoms with Crippen molar-refractivity contribution in [1.29, 1.82) is 0 Å². The van der Waals surface area contributed by atoms with Gasteiger partial charge in [0.05, 0.1) is 0 Å². The van der Waals surface area contributed by atoms with E-state index in [4.69, 9.17) is 0 Å². The second-order valence-electron chi connectivity index (χ2n) is 12.3. The minimum absolute atomic E-state index is 0. The van der Waals surface area contributed by atoms with Gasteiger partial charge in [-0.05, 0) is 0 Å². The monoisotopic (exact) mass is 805 g/mol. The van der Waals surface area contributed by atoms with E-state index in [1.807, 2.05) is 0 Å². The molecule has 0 spiro atoms. The van der Waals surface area contributed by atoms with Crippen LogP contribution >= 0.6 is 0 Å². The Labute approximate surface area is 307 Å². The van der Waals surface area contributed by atoms with Crippen molar-refractivity contribution >= 4 is 0 Å². The summed E-state index contributed by atoms with van der Waals surface area (Å²) in [6.07, 6.45) is 31.7. The van der Waals surface area contributed by atoms with Crippen molar-refractivity contribution < 1.29 is 25.8 Å². The van der Waals surface area contributed by atoms with Crippen molar-refractivity contribution in [3.05, 3.63) is 21.3 Å². The summed E-state index contributed by atoms with van der Waals surface area (Å²) in [5.74, 6) is 0. The van der Waals surface area contributed by atoms with Crippen molar-refractivity contribution in [2.24, 2.45) is 0 Å². The van der Waals surface area contributed by atoms with Gasteiger partial charge in [0.25, 0.3) is 0 Å². The summed E-state index contributed by atoms with van der Waals surface area (Å²) in [6.45, 7) is 26.6. The molecule has 0 saturated heterocycles. The van der Waals surface area contributed by atoms with Gasteiger partial charge in [-0.25, -0.2) is 0 Å². The number of hydrogen-bond acceptors (Lipinski definition) is 0. The van der Waals surface area contributed by atoms with Gasteiger partial charge >= 0.3 is 25.8 Å². The number of hydrogen-bond donors (Lipinski definition) is 0. The van der Waals surface area contributed by atoms with Gasteiger partial charge in [-0.1, -0.05) is 209 Å². The van der Waals surface area contributed by atoms with Crippen LogP contribution in [0.25, 0.3) is 21.3 Å². The van der Waals surface area contributed by atoms with Crippen LogP contribution in [0.4, 0.5) is 0 Å². The van der Waals surface area contributed by atoms with E-state index in [0.29, 0.717) is 0 Å². The fourth-order valence-corrected chi connectivity index (χ4v) is 4.13. The van der Waals surface area contributed by atoms with Crippen LogP contribution in [0.1, 0.15) is 209 Å². The summed E-state index contributed by atoms with van der Waals surface area (Å²) in [6, 6.07) is 0. The van der Waals surface area contributed by atoms with Crippen molar-refractivity contribution in [2.75, 3.05) is 52.4 Å². The Kier molecular flexibility index (Phi) is 77.7. The molecule has 0 N–H and O–H groups in total. The maximum Gasteiger partial charge on any atom is 4.00 e. The molecule has 0 saturated carbocycles. The standard InChI is InChI=1S/4C10H22N.Hf/c4*1-3-5-7-8-10-11-9-6-4-2;/h4*3-10H2,1-2H3;/q4*-1;+4. The average molecular weight is 804 g/mol. The van der Waals surface area contributed by atoms with Gasteiger partial charge in [-0.3, -0.25) is 0 Å². The quantitative estimate of drug-likeness (QED) is 0.0480. The van der Waals surface area contributed by atoms with Crippen molar-refractivity contribution in [1.82, 2.24) is 0 Å². The van der Waals surface area contributed by atoms with Gasteiger partial charge in [0, 0.05) is 0 Å². The molecule has 0 rings (SSSR count). The summed E-state index contributed by atoms with van der Waals surface area (Å²) >= 11 is 0. The maximum atomic E-state index is 4.43. The fourth-order valence-electron chi connectivity index (χ4n) is 4.13. The number of nitrogens with zero attached hydrogens (tertiary/aromatic N) is 4. The zero-order valence-corrected chi connectivity index (χ0v) is 36.5. The van der Waals surface area contributed by atoms with Gasteiger partial charge in [0.2, 0.25) is 0 Å². The molecule has 0 bridgehead atoms. The molecule has 4 nitrogen and oxygen atoms in total. The van der Waals surface area contributed by atoms with Crippen LogP contribution in [0, 0.1) is 0 Å². The van der Waals surface area contributed by atoms with E-state index in [-0.39, 0.29) is 25.8 Å². The van der Waals surface area contributed by atoms with Crippen LogP contribution in [-0.4, -0.2) is 52.4 Å². The van der Waals surface area contributed by atoms with Crippen LogP contribution in [0.3, 0.4) is 0 Å². The molecule has 0 aromatic carbocycles. The first kappa shape index (κ1) is 55.1. The average Bonchev–Trinajstić information content (AvgIpc) is 3.04. The zero-order valence-electron chi connectivity index (χ0n) is 32.9. The van der Waals surface area contributed by atoms with Crippen molar-refractivity contribution in [2.45, 2.75) is 209 Å².